The minimum absolute atomic E-state index is 0.0211. The molecule has 0 saturated heterocycles. The maximum atomic E-state index is 13.5. The second kappa shape index (κ2) is 12.3. The number of nitrogens with one attached hydrogen (secondary N) is 2. The third kappa shape index (κ3) is 7.29. The summed E-state index contributed by atoms with van der Waals surface area (Å²) in [5, 5.41) is 13.1. The van der Waals surface area contributed by atoms with Gasteiger partial charge in [0.2, 0.25) is 5.91 Å². The summed E-state index contributed by atoms with van der Waals surface area (Å²) < 4.78 is 81.8. The van der Waals surface area contributed by atoms with E-state index in [1.807, 2.05) is 26.0 Å². The van der Waals surface area contributed by atoms with Crippen LogP contribution in [0.15, 0.2) is 71.9 Å². The molecule has 0 fully saturated rings. The highest BCUT2D eigenvalue weighted by molar-refractivity contribution is 7.99. The van der Waals surface area contributed by atoms with Gasteiger partial charge in [-0.15, -0.1) is 10.2 Å². The zero-order valence-electron chi connectivity index (χ0n) is 22.1. The summed E-state index contributed by atoms with van der Waals surface area (Å²) in [6.45, 7) is 3.22. The van der Waals surface area contributed by atoms with Gasteiger partial charge in [-0.3, -0.25) is 14.2 Å². The fourth-order valence-electron chi connectivity index (χ4n) is 3.96. The molecule has 0 aliphatic carbocycles. The first-order valence-corrected chi connectivity index (χ1v) is 13.3. The van der Waals surface area contributed by atoms with E-state index in [-0.39, 0.29) is 22.4 Å². The van der Waals surface area contributed by atoms with E-state index in [4.69, 9.17) is 0 Å². The third-order valence-electron chi connectivity index (χ3n) is 6.02. The van der Waals surface area contributed by atoms with Gasteiger partial charge in [0.15, 0.2) is 11.0 Å². The number of alkyl halides is 6. The predicted octanol–water partition coefficient (Wildman–Crippen LogP) is 6.58. The lowest BCUT2D eigenvalue weighted by Crippen LogP contribution is -2.27. The highest BCUT2D eigenvalue weighted by Gasteiger charge is 2.35. The van der Waals surface area contributed by atoms with Gasteiger partial charge in [-0.25, -0.2) is 0 Å². The van der Waals surface area contributed by atoms with E-state index < -0.39 is 47.4 Å². The zero-order valence-corrected chi connectivity index (χ0v) is 22.9. The summed E-state index contributed by atoms with van der Waals surface area (Å²) in [5.41, 5.74) is -0.407. The number of rotatable bonds is 8. The Morgan fingerprint density at radius 1 is 0.881 bits per heavy atom. The number of amides is 2. The van der Waals surface area contributed by atoms with Crippen molar-refractivity contribution in [1.29, 1.82) is 0 Å². The van der Waals surface area contributed by atoms with Crippen LogP contribution in [0.25, 0.3) is 5.69 Å². The van der Waals surface area contributed by atoms with Crippen LogP contribution in [0.1, 0.15) is 38.4 Å². The van der Waals surface area contributed by atoms with Crippen molar-refractivity contribution in [2.75, 3.05) is 11.1 Å². The minimum Gasteiger partial charge on any atom is -0.345 e. The van der Waals surface area contributed by atoms with Crippen molar-refractivity contribution in [2.24, 2.45) is 0 Å². The second-order valence-corrected chi connectivity index (χ2v) is 10.1. The molecule has 0 aliphatic heterocycles. The van der Waals surface area contributed by atoms with Crippen LogP contribution in [0.3, 0.4) is 0 Å². The van der Waals surface area contributed by atoms with Gasteiger partial charge in [0.05, 0.1) is 34.7 Å². The fraction of sp³-hybridized carbons (Fsp3) is 0.214. The molecule has 0 atom stereocenters. The second-order valence-electron chi connectivity index (χ2n) is 9.16. The van der Waals surface area contributed by atoms with Crippen molar-refractivity contribution in [3.8, 4) is 5.69 Å². The number of nitrogens with zero attached hydrogens (tertiary/aromatic N) is 3. The topological polar surface area (TPSA) is 88.9 Å². The number of aryl methyl sites for hydroxylation is 2. The first-order chi connectivity index (χ1) is 19.7. The summed E-state index contributed by atoms with van der Waals surface area (Å²) in [4.78, 5) is 25.4. The molecule has 4 aromatic rings. The highest BCUT2D eigenvalue weighted by atomic mass is 32.2. The monoisotopic (exact) mass is 607 g/mol. The molecule has 1 heterocycles. The molecule has 220 valence electrons. The number of hydrogen-bond acceptors (Lipinski definition) is 5. The van der Waals surface area contributed by atoms with Gasteiger partial charge >= 0.3 is 12.4 Å². The molecule has 2 amide bonds. The van der Waals surface area contributed by atoms with E-state index in [1.165, 1.54) is 22.8 Å². The molecule has 3 aromatic carbocycles. The lowest BCUT2D eigenvalue weighted by molar-refractivity contribution is -0.138. The summed E-state index contributed by atoms with van der Waals surface area (Å²) in [5.74, 6) is -1.73. The molecular formula is C28H23F6N5O2S. The van der Waals surface area contributed by atoms with Crippen molar-refractivity contribution < 1.29 is 35.9 Å². The Balaban J connectivity index is 1.60. The van der Waals surface area contributed by atoms with E-state index in [0.29, 0.717) is 5.69 Å². The Labute approximate surface area is 240 Å². The molecular weight excluding hydrogens is 584 g/mol. The molecule has 0 radical (unpaired) electrons. The quantitative estimate of drug-likeness (QED) is 0.175. The van der Waals surface area contributed by atoms with Crippen LogP contribution in [0.4, 0.5) is 32.0 Å². The summed E-state index contributed by atoms with van der Waals surface area (Å²) in [6.07, 6.45) is -9.45. The van der Waals surface area contributed by atoms with Crippen LogP contribution in [0.2, 0.25) is 0 Å². The average Bonchev–Trinajstić information content (AvgIpc) is 3.34. The van der Waals surface area contributed by atoms with Crippen molar-refractivity contribution in [3.05, 3.63) is 100 Å². The van der Waals surface area contributed by atoms with E-state index >= 15 is 0 Å². The van der Waals surface area contributed by atoms with E-state index in [2.05, 4.69) is 20.8 Å². The fourth-order valence-corrected chi connectivity index (χ4v) is 4.73. The number of anilines is 1. The number of benzene rings is 3. The minimum atomic E-state index is -4.78. The molecule has 0 saturated carbocycles. The van der Waals surface area contributed by atoms with Gasteiger partial charge in [-0.05, 0) is 61.4 Å². The van der Waals surface area contributed by atoms with Gasteiger partial charge in [-0.1, -0.05) is 42.1 Å². The predicted molar refractivity (Wildman–Crippen MR) is 144 cm³/mol. The van der Waals surface area contributed by atoms with Crippen LogP contribution in [0, 0.1) is 13.8 Å². The smallest absolute Gasteiger partial charge is 0.345 e. The first-order valence-electron chi connectivity index (χ1n) is 12.3. The van der Waals surface area contributed by atoms with Gasteiger partial charge in [-0.2, -0.15) is 26.3 Å². The highest BCUT2D eigenvalue weighted by Crippen LogP contribution is 2.33. The van der Waals surface area contributed by atoms with Crippen molar-refractivity contribution >= 4 is 29.3 Å². The molecule has 0 aliphatic rings. The van der Waals surface area contributed by atoms with Gasteiger partial charge in [0.25, 0.3) is 5.91 Å². The van der Waals surface area contributed by atoms with Crippen LogP contribution >= 0.6 is 11.8 Å². The molecule has 4 rings (SSSR count). The largest absolute Gasteiger partial charge is 0.417 e. The Kier molecular flexibility index (Phi) is 8.95. The normalized spacial score (nSPS) is 11.8. The van der Waals surface area contributed by atoms with Gasteiger partial charge in [0.1, 0.15) is 0 Å². The molecule has 0 bridgehead atoms. The van der Waals surface area contributed by atoms with Crippen LogP contribution in [-0.2, 0) is 23.7 Å². The van der Waals surface area contributed by atoms with E-state index in [9.17, 15) is 35.9 Å². The number of hydrogen-bond donors (Lipinski definition) is 2. The van der Waals surface area contributed by atoms with Gasteiger partial charge in [0, 0.05) is 5.69 Å². The molecule has 0 unspecified atom stereocenters. The van der Waals surface area contributed by atoms with Crippen molar-refractivity contribution in [3.63, 3.8) is 0 Å². The number of carbonyl (C=O) groups excluding carboxylic acids is 2. The molecule has 14 heteroatoms. The van der Waals surface area contributed by atoms with Crippen molar-refractivity contribution in [2.45, 2.75) is 37.9 Å². The number of thioether (sulfide) groups is 1. The zero-order chi connectivity index (χ0) is 30.7. The van der Waals surface area contributed by atoms with Crippen molar-refractivity contribution in [1.82, 2.24) is 20.1 Å². The van der Waals surface area contributed by atoms with E-state index in [0.717, 1.165) is 53.2 Å². The Bertz CT molecular complexity index is 1620. The summed E-state index contributed by atoms with van der Waals surface area (Å²) >= 11 is 0.885. The average molecular weight is 608 g/mol. The number of aromatic nitrogens is 3. The van der Waals surface area contributed by atoms with Crippen LogP contribution in [-0.4, -0.2) is 32.3 Å². The lowest BCUT2D eigenvalue weighted by Gasteiger charge is -2.15. The first kappa shape index (κ1) is 30.6. The molecule has 1 aromatic heterocycles. The summed E-state index contributed by atoms with van der Waals surface area (Å²) in [6, 6.07) is 13.9. The molecule has 7 nitrogen and oxygen atoms in total. The Morgan fingerprint density at radius 3 is 2.33 bits per heavy atom. The molecule has 2 N–H and O–H groups in total. The van der Waals surface area contributed by atoms with Crippen LogP contribution < -0.4 is 10.6 Å². The Hall–Kier alpha value is -4.33. The standard InChI is InChI=1S/C28H23F6N5O2S/c1-16-10-11-17(2)22(12-16)36-24(40)15-42-26-38-37-23(39(26)19-7-5-6-18(13-19)27(29,30)31)14-35-25(41)20-8-3-4-9-21(20)28(32,33)34/h3-13H,14-15H2,1-2H3,(H,35,41)(H,36,40). The molecule has 0 spiro atoms. The van der Waals surface area contributed by atoms with E-state index in [1.54, 1.807) is 6.07 Å². The number of halogens is 6. The van der Waals surface area contributed by atoms with Crippen LogP contribution in [0.5, 0.6) is 0 Å². The van der Waals surface area contributed by atoms with Gasteiger partial charge < -0.3 is 10.6 Å². The molecule has 42 heavy (non-hydrogen) atoms. The maximum Gasteiger partial charge on any atom is 0.417 e. The number of carbonyl (C=O) groups is 2. The SMILES string of the molecule is Cc1ccc(C)c(NC(=O)CSc2nnc(CNC(=O)c3ccccc3C(F)(F)F)n2-c2cccc(C(F)(F)F)c2)c1. The maximum absolute atomic E-state index is 13.5. The lowest BCUT2D eigenvalue weighted by atomic mass is 10.1. The summed E-state index contributed by atoms with van der Waals surface area (Å²) in [7, 11) is 0. The Morgan fingerprint density at radius 2 is 1.62 bits per heavy atom. The third-order valence-corrected chi connectivity index (χ3v) is 6.94.